The fraction of sp³-hybridized carbons (Fsp3) is 0.727. The van der Waals surface area contributed by atoms with E-state index in [0.717, 1.165) is 0 Å². The molecule has 0 atom stereocenters. The zero-order chi connectivity index (χ0) is 18.4. The molecule has 0 fully saturated rings. The summed E-state index contributed by atoms with van der Waals surface area (Å²) in [5, 5.41) is 2.18. The minimum absolute atomic E-state index is 0.187. The van der Waals surface area contributed by atoms with Gasteiger partial charge in [-0.25, -0.2) is 0 Å². The Labute approximate surface area is 147 Å². The molecule has 1 aromatic rings. The van der Waals surface area contributed by atoms with E-state index in [0.29, 0.717) is 10.3 Å². The second kappa shape index (κ2) is 6.18. The maximum absolute atomic E-state index is 2.50. The molecule has 1 aromatic carbocycles. The first-order valence-corrected chi connectivity index (χ1v) is 10.2. The molecule has 0 aromatic heterocycles. The Morgan fingerprint density at radius 3 is 1.04 bits per heavy atom. The molecule has 0 spiro atoms. The molecular weight excluding hydrogens is 295 g/mol. The van der Waals surface area contributed by atoms with E-state index in [-0.39, 0.29) is 18.8 Å². The van der Waals surface area contributed by atoms with Gasteiger partial charge in [0.05, 0.1) is 0 Å². The molecule has 0 aliphatic rings. The third-order valence-electron chi connectivity index (χ3n) is 4.25. The predicted molar refractivity (Wildman–Crippen MR) is 110 cm³/mol. The third kappa shape index (κ3) is 5.32. The average molecular weight is 335 g/mol. The van der Waals surface area contributed by atoms with Crippen molar-refractivity contribution in [2.75, 3.05) is 0 Å². The highest BCUT2D eigenvalue weighted by Crippen LogP contribution is 2.58. The first-order chi connectivity index (χ1) is 9.94. The van der Waals surface area contributed by atoms with Gasteiger partial charge < -0.3 is 0 Å². The smallest absolute Gasteiger partial charge is 0.0132 e. The topological polar surface area (TPSA) is 0 Å². The summed E-state index contributed by atoms with van der Waals surface area (Å²) >= 11 is 0. The second-order valence-electron chi connectivity index (χ2n) is 10.9. The predicted octanol–water partition coefficient (Wildman–Crippen LogP) is 6.99. The van der Waals surface area contributed by atoms with Crippen LogP contribution >= 0.6 is 7.92 Å². The van der Waals surface area contributed by atoms with Crippen LogP contribution in [-0.4, -0.2) is 10.3 Å². The van der Waals surface area contributed by atoms with Gasteiger partial charge in [-0.3, -0.25) is 0 Å². The van der Waals surface area contributed by atoms with Gasteiger partial charge in [0.1, 0.15) is 0 Å². The minimum Gasteiger partial charge on any atom is -0.0643 e. The van der Waals surface area contributed by atoms with E-state index >= 15 is 0 Å². The van der Waals surface area contributed by atoms with Crippen LogP contribution in [0, 0.1) is 0 Å². The number of hydrogen-bond acceptors (Lipinski definition) is 0. The average Bonchev–Trinajstić information content (AvgIpc) is 2.21. The minimum atomic E-state index is -0.265. The van der Waals surface area contributed by atoms with Gasteiger partial charge in [-0.15, -0.1) is 0 Å². The van der Waals surface area contributed by atoms with E-state index in [1.807, 2.05) is 0 Å². The lowest BCUT2D eigenvalue weighted by Gasteiger charge is -2.43. The summed E-state index contributed by atoms with van der Waals surface area (Å²) in [5.74, 6) is 0. The molecule has 0 bridgehead atoms. The van der Waals surface area contributed by atoms with Crippen LogP contribution in [0.15, 0.2) is 18.2 Å². The number of rotatable bonds is 1. The molecule has 1 heteroatoms. The molecule has 1 rings (SSSR count). The summed E-state index contributed by atoms with van der Waals surface area (Å²) in [6.45, 7) is 28.4. The molecule has 0 aliphatic carbocycles. The molecule has 0 nitrogen and oxygen atoms in total. The van der Waals surface area contributed by atoms with E-state index in [1.54, 1.807) is 5.30 Å². The lowest BCUT2D eigenvalue weighted by atomic mass is 9.81. The van der Waals surface area contributed by atoms with Crippen LogP contribution in [0.5, 0.6) is 0 Å². The van der Waals surface area contributed by atoms with Gasteiger partial charge in [0, 0.05) is 0 Å². The van der Waals surface area contributed by atoms with Gasteiger partial charge in [0.15, 0.2) is 0 Å². The lowest BCUT2D eigenvalue weighted by molar-refractivity contribution is 0.569. The SMILES string of the molecule is CC(C)(C)c1cc(P(C(C)(C)C)C(C)(C)C)cc(C(C)(C)C)c1. The van der Waals surface area contributed by atoms with Crippen LogP contribution in [0.2, 0.25) is 0 Å². The lowest BCUT2D eigenvalue weighted by Crippen LogP contribution is -2.32. The summed E-state index contributed by atoms with van der Waals surface area (Å²) in [6.07, 6.45) is 0. The maximum Gasteiger partial charge on any atom is -0.0132 e. The van der Waals surface area contributed by atoms with Crippen molar-refractivity contribution in [3.63, 3.8) is 0 Å². The highest BCUT2D eigenvalue weighted by Gasteiger charge is 2.36. The fourth-order valence-corrected chi connectivity index (χ4v) is 7.49. The summed E-state index contributed by atoms with van der Waals surface area (Å²) in [6, 6.07) is 7.43. The van der Waals surface area contributed by atoms with Crippen LogP contribution in [0.4, 0.5) is 0 Å². The van der Waals surface area contributed by atoms with Gasteiger partial charge >= 0.3 is 0 Å². The largest absolute Gasteiger partial charge is 0.0643 e. The van der Waals surface area contributed by atoms with E-state index in [4.69, 9.17) is 0 Å². The molecule has 0 N–H and O–H groups in total. The molecule has 0 amide bonds. The van der Waals surface area contributed by atoms with Crippen molar-refractivity contribution in [2.24, 2.45) is 0 Å². The van der Waals surface area contributed by atoms with Crippen molar-refractivity contribution in [1.82, 2.24) is 0 Å². The Balaban J connectivity index is 3.69. The van der Waals surface area contributed by atoms with Crippen LogP contribution in [0.3, 0.4) is 0 Å². The Hall–Kier alpha value is -0.350. The van der Waals surface area contributed by atoms with E-state index in [2.05, 4.69) is 101 Å². The molecular formula is C22H39P. The molecule has 132 valence electrons. The zero-order valence-electron chi connectivity index (χ0n) is 17.7. The van der Waals surface area contributed by atoms with Crippen molar-refractivity contribution in [3.05, 3.63) is 29.3 Å². The van der Waals surface area contributed by atoms with Crippen LogP contribution < -0.4 is 5.30 Å². The Morgan fingerprint density at radius 2 is 0.826 bits per heavy atom. The molecule has 0 saturated heterocycles. The molecule has 0 heterocycles. The van der Waals surface area contributed by atoms with Crippen LogP contribution in [-0.2, 0) is 10.8 Å². The maximum atomic E-state index is 2.50. The number of hydrogen-bond donors (Lipinski definition) is 0. The highest BCUT2D eigenvalue weighted by molar-refractivity contribution is 7.68. The zero-order valence-corrected chi connectivity index (χ0v) is 18.6. The standard InChI is InChI=1S/C22H39P/c1-19(2,3)16-13-17(20(4,5)6)15-18(14-16)23(21(7,8)9)22(10,11)12/h13-15H,1-12H3. The summed E-state index contributed by atoms with van der Waals surface area (Å²) in [4.78, 5) is 0. The normalized spacial score (nSPS) is 14.5. The summed E-state index contributed by atoms with van der Waals surface area (Å²) in [7, 11) is -0.265. The Kier molecular flexibility index (Phi) is 5.56. The fourth-order valence-electron chi connectivity index (χ4n) is 3.39. The van der Waals surface area contributed by atoms with Crippen molar-refractivity contribution >= 4 is 13.2 Å². The quantitative estimate of drug-likeness (QED) is 0.486. The van der Waals surface area contributed by atoms with Gasteiger partial charge in [-0.2, -0.15) is 0 Å². The summed E-state index contributed by atoms with van der Waals surface area (Å²) < 4.78 is 0. The first kappa shape index (κ1) is 20.7. The van der Waals surface area contributed by atoms with E-state index < -0.39 is 0 Å². The molecule has 0 aliphatic heterocycles. The molecule has 0 unspecified atom stereocenters. The van der Waals surface area contributed by atoms with Gasteiger partial charge in [0.25, 0.3) is 0 Å². The Morgan fingerprint density at radius 1 is 0.522 bits per heavy atom. The van der Waals surface area contributed by atoms with Gasteiger partial charge in [-0.1, -0.05) is 109 Å². The second-order valence-corrected chi connectivity index (χ2v) is 14.8. The van der Waals surface area contributed by atoms with E-state index in [1.165, 1.54) is 11.1 Å². The monoisotopic (exact) mass is 334 g/mol. The third-order valence-corrected chi connectivity index (χ3v) is 7.71. The molecule has 23 heavy (non-hydrogen) atoms. The van der Waals surface area contributed by atoms with Crippen molar-refractivity contribution < 1.29 is 0 Å². The van der Waals surface area contributed by atoms with E-state index in [9.17, 15) is 0 Å². The van der Waals surface area contributed by atoms with Crippen molar-refractivity contribution in [3.8, 4) is 0 Å². The van der Waals surface area contributed by atoms with Crippen LogP contribution in [0.25, 0.3) is 0 Å². The highest BCUT2D eigenvalue weighted by atomic mass is 31.1. The Bertz CT molecular complexity index is 493. The molecule has 0 saturated carbocycles. The van der Waals surface area contributed by atoms with Crippen LogP contribution in [0.1, 0.15) is 94.2 Å². The molecule has 0 radical (unpaired) electrons. The number of benzene rings is 1. The van der Waals surface area contributed by atoms with Gasteiger partial charge in [0.2, 0.25) is 0 Å². The first-order valence-electron chi connectivity index (χ1n) is 8.90. The summed E-state index contributed by atoms with van der Waals surface area (Å²) in [5.41, 5.74) is 3.32. The van der Waals surface area contributed by atoms with Crippen molar-refractivity contribution in [2.45, 2.75) is 104 Å². The van der Waals surface area contributed by atoms with Gasteiger partial charge in [-0.05, 0) is 37.6 Å². The van der Waals surface area contributed by atoms with Crippen molar-refractivity contribution in [1.29, 1.82) is 0 Å².